The van der Waals surface area contributed by atoms with E-state index in [9.17, 15) is 9.59 Å². The van der Waals surface area contributed by atoms with Crippen molar-refractivity contribution in [1.29, 1.82) is 0 Å². The van der Waals surface area contributed by atoms with Gasteiger partial charge in [0.15, 0.2) is 0 Å². The number of nitrogens with zero attached hydrogens (tertiary/aromatic N) is 3. The number of carbonyl (C=O) groups is 1. The average molecular weight is 275 g/mol. The molecule has 2 rings (SSSR count). The molecular weight excluding hydrogens is 258 g/mol. The van der Waals surface area contributed by atoms with Gasteiger partial charge in [0.25, 0.3) is 11.5 Å². The Balaban J connectivity index is 2.11. The van der Waals surface area contributed by atoms with E-state index in [1.165, 1.54) is 11.7 Å². The molecule has 2 N–H and O–H groups in total. The summed E-state index contributed by atoms with van der Waals surface area (Å²) in [6, 6.07) is 0. The Morgan fingerprint density at radius 2 is 2.20 bits per heavy atom. The first kappa shape index (κ1) is 14.0. The predicted octanol–water partition coefficient (Wildman–Crippen LogP) is 0.0927. The Morgan fingerprint density at radius 3 is 2.85 bits per heavy atom. The number of hydrogen-bond donors (Lipinski definition) is 2. The number of imidazole rings is 1. The quantitative estimate of drug-likeness (QED) is 0.827. The second-order valence-corrected chi connectivity index (χ2v) is 4.56. The Bertz CT molecular complexity index is 673. The first-order chi connectivity index (χ1) is 9.50. The highest BCUT2D eigenvalue weighted by molar-refractivity contribution is 5.95. The van der Waals surface area contributed by atoms with Crippen LogP contribution in [0, 0.1) is 13.8 Å². The molecule has 0 spiro atoms. The summed E-state index contributed by atoms with van der Waals surface area (Å²) < 4.78 is 1.18. The fourth-order valence-electron chi connectivity index (χ4n) is 1.93. The maximum Gasteiger partial charge on any atom is 0.279 e. The lowest BCUT2D eigenvalue weighted by atomic mass is 10.1. The molecule has 0 bridgehead atoms. The molecule has 0 fully saturated rings. The van der Waals surface area contributed by atoms with Crippen molar-refractivity contribution < 1.29 is 4.79 Å². The molecule has 1 amide bonds. The van der Waals surface area contributed by atoms with Gasteiger partial charge in [0.2, 0.25) is 0 Å². The maximum absolute atomic E-state index is 12.1. The van der Waals surface area contributed by atoms with Gasteiger partial charge in [-0.1, -0.05) is 0 Å². The van der Waals surface area contributed by atoms with Crippen LogP contribution in [-0.2, 0) is 13.5 Å². The van der Waals surface area contributed by atoms with E-state index in [2.05, 4.69) is 20.4 Å². The summed E-state index contributed by atoms with van der Waals surface area (Å²) in [5.74, 6) is 0.418. The topological polar surface area (TPSA) is 92.7 Å². The second kappa shape index (κ2) is 5.68. The van der Waals surface area contributed by atoms with E-state index in [1.54, 1.807) is 26.2 Å². The molecule has 0 aliphatic rings. The number of hydrogen-bond acceptors (Lipinski definition) is 4. The molecule has 0 saturated carbocycles. The molecule has 0 unspecified atom stereocenters. The lowest BCUT2D eigenvalue weighted by Gasteiger charge is -2.09. The van der Waals surface area contributed by atoms with E-state index in [-0.39, 0.29) is 17.0 Å². The highest BCUT2D eigenvalue weighted by atomic mass is 16.2. The Labute approximate surface area is 116 Å². The van der Waals surface area contributed by atoms with E-state index in [4.69, 9.17) is 0 Å². The molecule has 0 aliphatic heterocycles. The number of aryl methyl sites for hydroxylation is 2. The highest BCUT2D eigenvalue weighted by Crippen LogP contribution is 2.05. The van der Waals surface area contributed by atoms with E-state index in [1.807, 2.05) is 0 Å². The van der Waals surface area contributed by atoms with Crippen LogP contribution >= 0.6 is 0 Å². The van der Waals surface area contributed by atoms with Crippen molar-refractivity contribution in [1.82, 2.24) is 25.1 Å². The molecule has 7 heteroatoms. The van der Waals surface area contributed by atoms with Gasteiger partial charge >= 0.3 is 0 Å². The number of H-pyrrole nitrogens is 1. The van der Waals surface area contributed by atoms with Crippen molar-refractivity contribution in [3.63, 3.8) is 0 Å². The Morgan fingerprint density at radius 1 is 1.45 bits per heavy atom. The van der Waals surface area contributed by atoms with E-state index in [0.29, 0.717) is 24.2 Å². The standard InChI is InChI=1S/C13H17N5O2/c1-8-9(2)17-18(3)13(20)11(8)12(19)16-5-4-10-14-6-7-15-10/h6-7H,4-5H2,1-3H3,(H,14,15)(H,16,19). The fourth-order valence-corrected chi connectivity index (χ4v) is 1.93. The van der Waals surface area contributed by atoms with Gasteiger partial charge in [-0.3, -0.25) is 9.59 Å². The minimum atomic E-state index is -0.386. The van der Waals surface area contributed by atoms with Gasteiger partial charge < -0.3 is 10.3 Å². The smallest absolute Gasteiger partial charge is 0.279 e. The Kier molecular flexibility index (Phi) is 3.97. The third-order valence-electron chi connectivity index (χ3n) is 3.15. The summed E-state index contributed by atoms with van der Waals surface area (Å²) >= 11 is 0. The summed E-state index contributed by atoms with van der Waals surface area (Å²) in [4.78, 5) is 31.2. The zero-order chi connectivity index (χ0) is 14.7. The minimum absolute atomic E-state index is 0.152. The van der Waals surface area contributed by atoms with Crippen LogP contribution < -0.4 is 10.9 Å². The molecule has 2 heterocycles. The molecule has 0 atom stereocenters. The SMILES string of the molecule is Cc1nn(C)c(=O)c(C(=O)NCCc2ncc[nH]2)c1C. The van der Waals surface area contributed by atoms with Gasteiger partial charge in [0.1, 0.15) is 11.4 Å². The lowest BCUT2D eigenvalue weighted by Crippen LogP contribution is -2.36. The monoisotopic (exact) mass is 275 g/mol. The molecule has 2 aromatic rings. The zero-order valence-corrected chi connectivity index (χ0v) is 11.7. The first-order valence-corrected chi connectivity index (χ1v) is 6.31. The van der Waals surface area contributed by atoms with Gasteiger partial charge in [0, 0.05) is 32.4 Å². The maximum atomic E-state index is 12.1. The summed E-state index contributed by atoms with van der Waals surface area (Å²) in [7, 11) is 1.54. The normalized spacial score (nSPS) is 10.6. The fraction of sp³-hybridized carbons (Fsp3) is 0.385. The zero-order valence-electron chi connectivity index (χ0n) is 11.7. The van der Waals surface area contributed by atoms with Crippen LogP contribution in [-0.4, -0.2) is 32.2 Å². The van der Waals surface area contributed by atoms with Crippen LogP contribution in [0.25, 0.3) is 0 Å². The van der Waals surface area contributed by atoms with Crippen LogP contribution in [0.3, 0.4) is 0 Å². The predicted molar refractivity (Wildman–Crippen MR) is 73.6 cm³/mol. The molecule has 7 nitrogen and oxygen atoms in total. The van der Waals surface area contributed by atoms with Gasteiger partial charge in [-0.25, -0.2) is 9.67 Å². The van der Waals surface area contributed by atoms with Crippen molar-refractivity contribution in [2.24, 2.45) is 7.05 Å². The third kappa shape index (κ3) is 2.76. The van der Waals surface area contributed by atoms with Gasteiger partial charge in [-0.05, 0) is 19.4 Å². The van der Waals surface area contributed by atoms with Crippen molar-refractivity contribution >= 4 is 5.91 Å². The van der Waals surface area contributed by atoms with Gasteiger partial charge in [-0.15, -0.1) is 0 Å². The Hall–Kier alpha value is -2.44. The van der Waals surface area contributed by atoms with Crippen molar-refractivity contribution in [2.75, 3.05) is 6.54 Å². The number of aromatic amines is 1. The van der Waals surface area contributed by atoms with Gasteiger partial charge in [0.05, 0.1) is 5.69 Å². The summed E-state index contributed by atoms with van der Waals surface area (Å²) in [5.41, 5.74) is 1.05. The largest absolute Gasteiger partial charge is 0.351 e. The van der Waals surface area contributed by atoms with Crippen molar-refractivity contribution in [3.05, 3.63) is 45.4 Å². The third-order valence-corrected chi connectivity index (χ3v) is 3.15. The molecule has 0 aromatic carbocycles. The summed E-state index contributed by atoms with van der Waals surface area (Å²) in [5, 5.41) is 6.78. The van der Waals surface area contributed by atoms with E-state index < -0.39 is 0 Å². The molecular formula is C13H17N5O2. The number of amides is 1. The van der Waals surface area contributed by atoms with Crippen LogP contribution in [0.15, 0.2) is 17.2 Å². The van der Waals surface area contributed by atoms with Crippen LogP contribution in [0.4, 0.5) is 0 Å². The summed E-state index contributed by atoms with van der Waals surface area (Å²) in [6.07, 6.45) is 3.97. The van der Waals surface area contributed by atoms with Crippen LogP contribution in [0.1, 0.15) is 27.4 Å². The first-order valence-electron chi connectivity index (χ1n) is 6.31. The molecule has 0 saturated heterocycles. The van der Waals surface area contributed by atoms with E-state index in [0.717, 1.165) is 5.82 Å². The number of rotatable bonds is 4. The van der Waals surface area contributed by atoms with Gasteiger partial charge in [-0.2, -0.15) is 5.10 Å². The molecule has 0 radical (unpaired) electrons. The van der Waals surface area contributed by atoms with Crippen molar-refractivity contribution in [2.45, 2.75) is 20.3 Å². The number of carbonyl (C=O) groups excluding carboxylic acids is 1. The summed E-state index contributed by atoms with van der Waals surface area (Å²) in [6.45, 7) is 3.91. The van der Waals surface area contributed by atoms with E-state index >= 15 is 0 Å². The highest BCUT2D eigenvalue weighted by Gasteiger charge is 2.17. The van der Waals surface area contributed by atoms with Crippen LogP contribution in [0.5, 0.6) is 0 Å². The molecule has 2 aromatic heterocycles. The lowest BCUT2D eigenvalue weighted by molar-refractivity contribution is 0.0950. The van der Waals surface area contributed by atoms with Crippen molar-refractivity contribution in [3.8, 4) is 0 Å². The molecule has 106 valence electrons. The molecule has 20 heavy (non-hydrogen) atoms. The number of nitrogens with one attached hydrogen (secondary N) is 2. The second-order valence-electron chi connectivity index (χ2n) is 4.56. The minimum Gasteiger partial charge on any atom is -0.351 e. The van der Waals surface area contributed by atoms with Crippen LogP contribution in [0.2, 0.25) is 0 Å². The molecule has 0 aliphatic carbocycles. The average Bonchev–Trinajstić information content (AvgIpc) is 2.90. The number of aromatic nitrogens is 4.